The fourth-order valence-corrected chi connectivity index (χ4v) is 4.92. The number of carbonyl (C=O) groups excluding carboxylic acids is 1. The Bertz CT molecular complexity index is 705. The number of benzene rings is 1. The summed E-state index contributed by atoms with van der Waals surface area (Å²) in [5.74, 6) is -0.145. The van der Waals surface area contributed by atoms with Gasteiger partial charge in [0, 0.05) is 19.2 Å². The summed E-state index contributed by atoms with van der Waals surface area (Å²) in [7, 11) is -1.96. The van der Waals surface area contributed by atoms with E-state index in [-0.39, 0.29) is 35.5 Å². The van der Waals surface area contributed by atoms with Crippen LogP contribution in [-0.2, 0) is 19.6 Å². The lowest BCUT2D eigenvalue weighted by Crippen LogP contribution is -2.51. The average Bonchev–Trinajstić information content (AvgIpc) is 2.83. The van der Waals surface area contributed by atoms with E-state index < -0.39 is 10.0 Å². The number of nitrogens with zero attached hydrogens (tertiary/aromatic N) is 1. The zero-order chi connectivity index (χ0) is 17.3. The minimum absolute atomic E-state index is 0.145. The molecule has 0 saturated carbocycles. The summed E-state index contributed by atoms with van der Waals surface area (Å²) in [4.78, 5) is 14.6. The molecule has 2 unspecified atom stereocenters. The summed E-state index contributed by atoms with van der Waals surface area (Å²) in [6.07, 6.45) is 3.82. The third-order valence-corrected chi connectivity index (χ3v) is 6.42. The quantitative estimate of drug-likeness (QED) is 0.870. The van der Waals surface area contributed by atoms with Crippen LogP contribution >= 0.6 is 0 Å². The summed E-state index contributed by atoms with van der Waals surface area (Å²) in [6.45, 7) is 1.64. The third-order valence-electron chi connectivity index (χ3n) is 5.02. The van der Waals surface area contributed by atoms with Crippen LogP contribution in [0.1, 0.15) is 31.2 Å². The molecular weight excluding hydrogens is 328 g/mol. The minimum atomic E-state index is -3.67. The molecule has 2 heterocycles. The normalized spacial score (nSPS) is 26.6. The molecule has 132 valence electrons. The van der Waals surface area contributed by atoms with E-state index in [1.165, 1.54) is 6.07 Å². The summed E-state index contributed by atoms with van der Waals surface area (Å²) < 4.78 is 32.6. The fourth-order valence-electron chi connectivity index (χ4n) is 3.84. The predicted octanol–water partition coefficient (Wildman–Crippen LogP) is 1.44. The first-order valence-electron chi connectivity index (χ1n) is 8.31. The van der Waals surface area contributed by atoms with E-state index in [4.69, 9.17) is 4.74 Å². The number of aryl methyl sites for hydroxylation is 1. The van der Waals surface area contributed by atoms with Crippen LogP contribution in [0.5, 0.6) is 0 Å². The van der Waals surface area contributed by atoms with Crippen LogP contribution in [-0.4, -0.2) is 51.1 Å². The second-order valence-electron chi connectivity index (χ2n) is 6.66. The number of ether oxygens (including phenoxy) is 1. The van der Waals surface area contributed by atoms with Crippen LogP contribution in [0.4, 0.5) is 0 Å². The Labute approximate surface area is 143 Å². The van der Waals surface area contributed by atoms with Crippen LogP contribution in [0.3, 0.4) is 0 Å². The van der Waals surface area contributed by atoms with Crippen molar-refractivity contribution < 1.29 is 17.9 Å². The molecule has 3 rings (SSSR count). The van der Waals surface area contributed by atoms with Gasteiger partial charge in [-0.2, -0.15) is 0 Å². The summed E-state index contributed by atoms with van der Waals surface area (Å²) >= 11 is 0. The second-order valence-corrected chi connectivity index (χ2v) is 8.42. The Hall–Kier alpha value is -1.44. The Kier molecular flexibility index (Phi) is 4.94. The number of methoxy groups -OCH3 is 1. The fraction of sp³-hybridized carbons (Fsp3) is 0.588. The van der Waals surface area contributed by atoms with Crippen molar-refractivity contribution in [2.45, 2.75) is 55.7 Å². The van der Waals surface area contributed by atoms with Crippen molar-refractivity contribution in [2.75, 3.05) is 13.7 Å². The van der Waals surface area contributed by atoms with Gasteiger partial charge in [-0.3, -0.25) is 4.79 Å². The van der Waals surface area contributed by atoms with Gasteiger partial charge in [-0.15, -0.1) is 0 Å². The molecule has 0 radical (unpaired) electrons. The zero-order valence-corrected chi connectivity index (χ0v) is 14.9. The maximum Gasteiger partial charge on any atom is 0.241 e. The standard InChI is InChI=1S/C17H24N2O4S/c1-12-4-3-5-16(8-12)24(21,22)18-11-17(20)19-13-6-7-14(19)10-15(9-13)23-2/h3-5,8,13-15,18H,6-7,9-11H2,1-2H3. The highest BCUT2D eigenvalue weighted by atomic mass is 32.2. The molecule has 0 spiro atoms. The van der Waals surface area contributed by atoms with Gasteiger partial charge in [-0.25, -0.2) is 13.1 Å². The molecule has 1 amide bonds. The van der Waals surface area contributed by atoms with Crippen LogP contribution in [0.2, 0.25) is 0 Å². The Morgan fingerprint density at radius 3 is 2.54 bits per heavy atom. The van der Waals surface area contributed by atoms with E-state index in [0.717, 1.165) is 31.2 Å². The van der Waals surface area contributed by atoms with Crippen LogP contribution in [0.15, 0.2) is 29.2 Å². The molecule has 2 bridgehead atoms. The van der Waals surface area contributed by atoms with Crippen molar-refractivity contribution in [3.8, 4) is 0 Å². The van der Waals surface area contributed by atoms with Gasteiger partial charge < -0.3 is 9.64 Å². The molecule has 1 aromatic carbocycles. The number of rotatable bonds is 5. The van der Waals surface area contributed by atoms with Crippen molar-refractivity contribution in [3.63, 3.8) is 0 Å². The molecular formula is C17H24N2O4S. The van der Waals surface area contributed by atoms with E-state index in [0.29, 0.717) is 0 Å². The van der Waals surface area contributed by atoms with Gasteiger partial charge in [0.2, 0.25) is 15.9 Å². The van der Waals surface area contributed by atoms with Crippen molar-refractivity contribution >= 4 is 15.9 Å². The molecule has 2 aliphatic heterocycles. The first-order valence-corrected chi connectivity index (χ1v) is 9.79. The monoisotopic (exact) mass is 352 g/mol. The predicted molar refractivity (Wildman–Crippen MR) is 90.1 cm³/mol. The maximum atomic E-state index is 12.6. The van der Waals surface area contributed by atoms with E-state index in [9.17, 15) is 13.2 Å². The highest BCUT2D eigenvalue weighted by Gasteiger charge is 2.43. The molecule has 1 aromatic rings. The SMILES string of the molecule is COC1CC2CCC(C1)N2C(=O)CNS(=O)(=O)c1cccc(C)c1. The lowest BCUT2D eigenvalue weighted by molar-refractivity contribution is -0.136. The summed E-state index contributed by atoms with van der Waals surface area (Å²) in [5.41, 5.74) is 0.865. The first-order chi connectivity index (χ1) is 11.4. The molecule has 2 atom stereocenters. The number of hydrogen-bond acceptors (Lipinski definition) is 4. The molecule has 7 heteroatoms. The van der Waals surface area contributed by atoms with Gasteiger partial charge in [0.05, 0.1) is 17.5 Å². The minimum Gasteiger partial charge on any atom is -0.381 e. The highest BCUT2D eigenvalue weighted by molar-refractivity contribution is 7.89. The van der Waals surface area contributed by atoms with Crippen LogP contribution < -0.4 is 4.72 Å². The number of hydrogen-bond donors (Lipinski definition) is 1. The summed E-state index contributed by atoms with van der Waals surface area (Å²) in [5, 5.41) is 0. The number of sulfonamides is 1. The number of carbonyl (C=O) groups is 1. The Balaban J connectivity index is 1.64. The van der Waals surface area contributed by atoms with Crippen molar-refractivity contribution in [2.24, 2.45) is 0 Å². The highest BCUT2D eigenvalue weighted by Crippen LogP contribution is 2.36. The average molecular weight is 352 g/mol. The van der Waals surface area contributed by atoms with E-state index in [2.05, 4.69) is 4.72 Å². The number of piperidine rings is 1. The molecule has 0 aromatic heterocycles. The molecule has 24 heavy (non-hydrogen) atoms. The lowest BCUT2D eigenvalue weighted by atomic mass is 9.99. The molecule has 2 saturated heterocycles. The first kappa shape index (κ1) is 17.4. The van der Waals surface area contributed by atoms with Gasteiger partial charge in [-0.1, -0.05) is 12.1 Å². The Morgan fingerprint density at radius 1 is 1.29 bits per heavy atom. The molecule has 0 aliphatic carbocycles. The van der Waals surface area contributed by atoms with Crippen LogP contribution in [0, 0.1) is 6.92 Å². The van der Waals surface area contributed by atoms with E-state index >= 15 is 0 Å². The van der Waals surface area contributed by atoms with Gasteiger partial charge >= 0.3 is 0 Å². The largest absolute Gasteiger partial charge is 0.381 e. The van der Waals surface area contributed by atoms with E-state index in [1.807, 2.05) is 17.9 Å². The van der Waals surface area contributed by atoms with Gasteiger partial charge in [0.1, 0.15) is 0 Å². The lowest BCUT2D eigenvalue weighted by Gasteiger charge is -2.38. The third kappa shape index (κ3) is 3.48. The second kappa shape index (κ2) is 6.82. The van der Waals surface area contributed by atoms with Crippen molar-refractivity contribution in [3.05, 3.63) is 29.8 Å². The Morgan fingerprint density at radius 2 is 1.96 bits per heavy atom. The maximum absolute atomic E-state index is 12.6. The smallest absolute Gasteiger partial charge is 0.241 e. The van der Waals surface area contributed by atoms with Crippen molar-refractivity contribution in [1.29, 1.82) is 0 Å². The summed E-state index contributed by atoms with van der Waals surface area (Å²) in [6, 6.07) is 7.01. The molecule has 1 N–H and O–H groups in total. The van der Waals surface area contributed by atoms with Gasteiger partial charge in [0.25, 0.3) is 0 Å². The molecule has 2 fully saturated rings. The molecule has 6 nitrogen and oxygen atoms in total. The van der Waals surface area contributed by atoms with Gasteiger partial charge in [-0.05, 0) is 50.3 Å². The van der Waals surface area contributed by atoms with Crippen molar-refractivity contribution in [1.82, 2.24) is 9.62 Å². The van der Waals surface area contributed by atoms with E-state index in [1.54, 1.807) is 19.2 Å². The number of fused-ring (bicyclic) bond motifs is 2. The zero-order valence-electron chi connectivity index (χ0n) is 14.1. The topological polar surface area (TPSA) is 75.7 Å². The van der Waals surface area contributed by atoms with Crippen LogP contribution in [0.25, 0.3) is 0 Å². The number of amides is 1. The number of nitrogens with one attached hydrogen (secondary N) is 1. The molecule has 2 aliphatic rings. The van der Waals surface area contributed by atoms with Gasteiger partial charge in [0.15, 0.2) is 0 Å².